The first-order chi connectivity index (χ1) is 9.83. The van der Waals surface area contributed by atoms with E-state index in [-0.39, 0.29) is 5.97 Å². The van der Waals surface area contributed by atoms with Gasteiger partial charge in [-0.2, -0.15) is 0 Å². The van der Waals surface area contributed by atoms with Crippen molar-refractivity contribution in [1.82, 2.24) is 0 Å². The molecule has 3 heteroatoms. The van der Waals surface area contributed by atoms with Crippen molar-refractivity contribution in [2.45, 2.75) is 52.1 Å². The average Bonchev–Trinajstić information content (AvgIpc) is 2.47. The van der Waals surface area contributed by atoms with E-state index in [0.29, 0.717) is 19.6 Å². The fraction of sp³-hybridized carbons (Fsp3) is 0.588. The fourth-order valence-corrected chi connectivity index (χ4v) is 2.00. The minimum atomic E-state index is -0.0707. The van der Waals surface area contributed by atoms with Crippen LogP contribution < -0.4 is 0 Å². The van der Waals surface area contributed by atoms with E-state index in [1.807, 2.05) is 25.1 Å². The highest BCUT2D eigenvalue weighted by Crippen LogP contribution is 2.07. The Hall–Kier alpha value is -1.35. The van der Waals surface area contributed by atoms with Gasteiger partial charge < -0.3 is 9.47 Å². The van der Waals surface area contributed by atoms with Crippen LogP contribution in [0.2, 0.25) is 0 Å². The van der Waals surface area contributed by atoms with Gasteiger partial charge in [-0.1, -0.05) is 49.6 Å². The Kier molecular flexibility index (Phi) is 9.58. The molecule has 0 aromatic heterocycles. The van der Waals surface area contributed by atoms with Crippen LogP contribution in [0.1, 0.15) is 51.0 Å². The lowest BCUT2D eigenvalue weighted by Gasteiger charge is -2.04. The van der Waals surface area contributed by atoms with Crippen LogP contribution in [0.25, 0.3) is 0 Å². The molecule has 0 bridgehead atoms. The molecule has 0 saturated carbocycles. The Morgan fingerprint density at radius 2 is 1.70 bits per heavy atom. The second kappa shape index (κ2) is 11.5. The fourth-order valence-electron chi connectivity index (χ4n) is 2.00. The Bertz CT molecular complexity index is 349. The molecule has 0 heterocycles. The van der Waals surface area contributed by atoms with Gasteiger partial charge >= 0.3 is 5.97 Å². The van der Waals surface area contributed by atoms with Crippen molar-refractivity contribution in [3.63, 3.8) is 0 Å². The third kappa shape index (κ3) is 8.70. The van der Waals surface area contributed by atoms with Crippen LogP contribution in [0, 0.1) is 0 Å². The summed E-state index contributed by atoms with van der Waals surface area (Å²) in [7, 11) is 0. The highest BCUT2D eigenvalue weighted by Gasteiger charge is 2.00. The number of rotatable bonds is 11. The first-order valence-electron chi connectivity index (χ1n) is 7.60. The standard InChI is InChI=1S/C17H26O3/c1-2-20-17(18)13-9-4-3-5-10-14-19-15-16-11-7-6-8-12-16/h6-8,11-12H,2-5,9-10,13-15H2,1H3. The quantitative estimate of drug-likeness (QED) is 0.451. The zero-order valence-corrected chi connectivity index (χ0v) is 12.5. The van der Waals surface area contributed by atoms with Gasteiger partial charge in [0.2, 0.25) is 0 Å². The molecule has 1 rings (SSSR count). The van der Waals surface area contributed by atoms with Crippen molar-refractivity contribution in [2.24, 2.45) is 0 Å². The topological polar surface area (TPSA) is 35.5 Å². The highest BCUT2D eigenvalue weighted by molar-refractivity contribution is 5.69. The third-order valence-corrected chi connectivity index (χ3v) is 3.09. The van der Waals surface area contributed by atoms with Crippen LogP contribution in [-0.2, 0) is 20.9 Å². The minimum absolute atomic E-state index is 0.0707. The van der Waals surface area contributed by atoms with Crippen molar-refractivity contribution in [3.8, 4) is 0 Å². The summed E-state index contributed by atoms with van der Waals surface area (Å²) in [5.74, 6) is -0.0707. The lowest BCUT2D eigenvalue weighted by Crippen LogP contribution is -2.03. The molecule has 0 fully saturated rings. The van der Waals surface area contributed by atoms with E-state index >= 15 is 0 Å². The average molecular weight is 278 g/mol. The van der Waals surface area contributed by atoms with E-state index in [9.17, 15) is 4.79 Å². The number of unbranched alkanes of at least 4 members (excludes halogenated alkanes) is 4. The van der Waals surface area contributed by atoms with Gasteiger partial charge in [0.25, 0.3) is 0 Å². The number of carbonyl (C=O) groups is 1. The second-order valence-corrected chi connectivity index (χ2v) is 4.86. The van der Waals surface area contributed by atoms with Gasteiger partial charge in [0.05, 0.1) is 13.2 Å². The molecule has 3 nitrogen and oxygen atoms in total. The predicted octanol–water partition coefficient (Wildman–Crippen LogP) is 4.11. The van der Waals surface area contributed by atoms with Gasteiger partial charge in [0.1, 0.15) is 0 Å². The van der Waals surface area contributed by atoms with Crippen molar-refractivity contribution >= 4 is 5.97 Å². The molecule has 0 amide bonds. The van der Waals surface area contributed by atoms with Gasteiger partial charge in [0, 0.05) is 13.0 Å². The first kappa shape index (κ1) is 16.7. The third-order valence-electron chi connectivity index (χ3n) is 3.09. The molecule has 20 heavy (non-hydrogen) atoms. The zero-order chi connectivity index (χ0) is 14.5. The Labute approximate surface area is 122 Å². The molecular weight excluding hydrogens is 252 g/mol. The summed E-state index contributed by atoms with van der Waals surface area (Å²) >= 11 is 0. The summed E-state index contributed by atoms with van der Waals surface area (Å²) in [6.07, 6.45) is 6.00. The Balaban J connectivity index is 1.84. The molecule has 0 aliphatic carbocycles. The highest BCUT2D eigenvalue weighted by atomic mass is 16.5. The summed E-state index contributed by atoms with van der Waals surface area (Å²) in [4.78, 5) is 11.1. The van der Waals surface area contributed by atoms with Gasteiger partial charge in [0.15, 0.2) is 0 Å². The van der Waals surface area contributed by atoms with Crippen LogP contribution >= 0.6 is 0 Å². The lowest BCUT2D eigenvalue weighted by molar-refractivity contribution is -0.143. The molecule has 0 atom stereocenters. The molecule has 0 unspecified atom stereocenters. The predicted molar refractivity (Wildman–Crippen MR) is 80.4 cm³/mol. The number of ether oxygens (including phenoxy) is 2. The lowest BCUT2D eigenvalue weighted by atomic mass is 10.1. The summed E-state index contributed by atoms with van der Waals surface area (Å²) in [5.41, 5.74) is 1.22. The van der Waals surface area contributed by atoms with Gasteiger partial charge in [-0.25, -0.2) is 0 Å². The van der Waals surface area contributed by atoms with Gasteiger partial charge in [-0.05, 0) is 25.3 Å². The summed E-state index contributed by atoms with van der Waals surface area (Å²) < 4.78 is 10.5. The largest absolute Gasteiger partial charge is 0.466 e. The van der Waals surface area contributed by atoms with E-state index in [0.717, 1.165) is 38.7 Å². The van der Waals surface area contributed by atoms with E-state index in [4.69, 9.17) is 9.47 Å². The van der Waals surface area contributed by atoms with E-state index < -0.39 is 0 Å². The molecule has 0 spiro atoms. The van der Waals surface area contributed by atoms with Crippen LogP contribution in [0.3, 0.4) is 0 Å². The molecule has 0 N–H and O–H groups in total. The smallest absolute Gasteiger partial charge is 0.305 e. The Morgan fingerprint density at radius 1 is 1.00 bits per heavy atom. The van der Waals surface area contributed by atoms with Crippen LogP contribution in [0.4, 0.5) is 0 Å². The molecule has 0 aliphatic heterocycles. The monoisotopic (exact) mass is 278 g/mol. The number of hydrogen-bond acceptors (Lipinski definition) is 3. The normalized spacial score (nSPS) is 10.4. The summed E-state index contributed by atoms with van der Waals surface area (Å²) in [6.45, 7) is 3.83. The summed E-state index contributed by atoms with van der Waals surface area (Å²) in [6, 6.07) is 10.2. The van der Waals surface area contributed by atoms with Crippen LogP contribution in [0.5, 0.6) is 0 Å². The first-order valence-corrected chi connectivity index (χ1v) is 7.60. The maximum atomic E-state index is 11.1. The number of benzene rings is 1. The van der Waals surface area contributed by atoms with Gasteiger partial charge in [-0.3, -0.25) is 4.79 Å². The zero-order valence-electron chi connectivity index (χ0n) is 12.5. The van der Waals surface area contributed by atoms with E-state index in [1.54, 1.807) is 0 Å². The molecule has 112 valence electrons. The number of esters is 1. The second-order valence-electron chi connectivity index (χ2n) is 4.86. The van der Waals surface area contributed by atoms with Crippen molar-refractivity contribution in [2.75, 3.05) is 13.2 Å². The van der Waals surface area contributed by atoms with Crippen molar-refractivity contribution in [1.29, 1.82) is 0 Å². The van der Waals surface area contributed by atoms with Crippen molar-refractivity contribution < 1.29 is 14.3 Å². The maximum absolute atomic E-state index is 11.1. The number of hydrogen-bond donors (Lipinski definition) is 0. The molecular formula is C17H26O3. The van der Waals surface area contributed by atoms with Crippen LogP contribution in [0.15, 0.2) is 30.3 Å². The van der Waals surface area contributed by atoms with E-state index in [1.165, 1.54) is 5.56 Å². The Morgan fingerprint density at radius 3 is 2.45 bits per heavy atom. The molecule has 0 aliphatic rings. The molecule has 1 aromatic carbocycles. The maximum Gasteiger partial charge on any atom is 0.305 e. The summed E-state index contributed by atoms with van der Waals surface area (Å²) in [5, 5.41) is 0. The SMILES string of the molecule is CCOC(=O)CCCCCCCOCc1ccccc1. The minimum Gasteiger partial charge on any atom is -0.466 e. The van der Waals surface area contributed by atoms with Crippen molar-refractivity contribution in [3.05, 3.63) is 35.9 Å². The molecule has 1 aromatic rings. The van der Waals surface area contributed by atoms with Gasteiger partial charge in [-0.15, -0.1) is 0 Å². The van der Waals surface area contributed by atoms with E-state index in [2.05, 4.69) is 12.1 Å². The molecule has 0 saturated heterocycles. The molecule has 0 radical (unpaired) electrons. The van der Waals surface area contributed by atoms with Crippen LogP contribution in [-0.4, -0.2) is 19.2 Å². The number of carbonyl (C=O) groups excluding carboxylic acids is 1.